The van der Waals surface area contributed by atoms with Crippen molar-refractivity contribution in [3.8, 4) is 0 Å². The Labute approximate surface area is 128 Å². The van der Waals surface area contributed by atoms with Crippen LogP contribution in [-0.4, -0.2) is 11.1 Å². The summed E-state index contributed by atoms with van der Waals surface area (Å²) in [5.41, 5.74) is 0.733. The first kappa shape index (κ1) is 14.5. The Balaban J connectivity index is 2.08. The lowest BCUT2D eigenvalue weighted by Crippen LogP contribution is -2.27. The van der Waals surface area contributed by atoms with Gasteiger partial charge in [0.1, 0.15) is 10.4 Å². The van der Waals surface area contributed by atoms with Gasteiger partial charge < -0.3 is 5.11 Å². The second kappa shape index (κ2) is 6.52. The highest BCUT2D eigenvalue weighted by Gasteiger charge is 2.19. The molecule has 0 amide bonds. The number of hydrogen-bond donors (Lipinski definition) is 2. The predicted octanol–water partition coefficient (Wildman–Crippen LogP) is 4.08. The van der Waals surface area contributed by atoms with Gasteiger partial charge in [0.2, 0.25) is 0 Å². The zero-order valence-electron chi connectivity index (χ0n) is 9.77. The maximum atomic E-state index is 11.3. The third-order valence-corrected chi connectivity index (χ3v) is 5.03. The van der Waals surface area contributed by atoms with Crippen molar-refractivity contribution in [1.29, 1.82) is 0 Å². The van der Waals surface area contributed by atoms with E-state index in [0.717, 1.165) is 14.9 Å². The molecular weight excluding hydrogens is 350 g/mol. The van der Waals surface area contributed by atoms with Gasteiger partial charge in [0, 0.05) is 15.9 Å². The van der Waals surface area contributed by atoms with Crippen LogP contribution in [0.2, 0.25) is 4.34 Å². The fourth-order valence-corrected chi connectivity index (χ4v) is 3.42. The maximum absolute atomic E-state index is 11.3. The first-order chi connectivity index (χ1) is 9.08. The number of thiophene rings is 1. The van der Waals surface area contributed by atoms with E-state index in [0.29, 0.717) is 10.9 Å². The van der Waals surface area contributed by atoms with Gasteiger partial charge in [-0.3, -0.25) is 10.1 Å². The molecule has 0 aliphatic carbocycles. The smallest absolute Gasteiger partial charge is 0.325 e. The van der Waals surface area contributed by atoms with Crippen LogP contribution in [0.3, 0.4) is 0 Å². The summed E-state index contributed by atoms with van der Waals surface area (Å²) in [7, 11) is 0. The molecule has 1 aromatic carbocycles. The molecule has 1 aromatic heterocycles. The summed E-state index contributed by atoms with van der Waals surface area (Å²) in [6.45, 7) is 0.460. The molecule has 0 fully saturated rings. The molecule has 1 atom stereocenters. The lowest BCUT2D eigenvalue weighted by Gasteiger charge is -2.14. The number of aliphatic carboxylic acids is 1. The van der Waals surface area contributed by atoms with Crippen molar-refractivity contribution in [1.82, 2.24) is 5.32 Å². The monoisotopic (exact) mass is 359 g/mol. The number of carboxylic acids is 1. The minimum absolute atomic E-state index is 0.460. The minimum Gasteiger partial charge on any atom is -0.480 e. The van der Waals surface area contributed by atoms with E-state index in [9.17, 15) is 9.90 Å². The van der Waals surface area contributed by atoms with E-state index >= 15 is 0 Å². The van der Waals surface area contributed by atoms with Crippen molar-refractivity contribution in [2.24, 2.45) is 0 Å². The number of halogens is 2. The fraction of sp³-hybridized carbons (Fsp3) is 0.154. The number of carbonyl (C=O) groups is 1. The van der Waals surface area contributed by atoms with Gasteiger partial charge in [-0.05, 0) is 27.6 Å². The standard InChI is InChI=1S/C13H11BrClNO2S/c14-10-6-9(19-12(10)15)7-16-11(13(17)18)8-4-2-1-3-5-8/h1-6,11,16H,7H2,(H,17,18). The first-order valence-corrected chi connectivity index (χ1v) is 7.51. The normalized spacial score (nSPS) is 12.3. The van der Waals surface area contributed by atoms with Crippen LogP contribution in [0.1, 0.15) is 16.5 Å². The van der Waals surface area contributed by atoms with Gasteiger partial charge in [-0.2, -0.15) is 0 Å². The van der Waals surface area contributed by atoms with Gasteiger partial charge in [-0.1, -0.05) is 41.9 Å². The Morgan fingerprint density at radius 1 is 1.42 bits per heavy atom. The van der Waals surface area contributed by atoms with E-state index < -0.39 is 12.0 Å². The second-order valence-corrected chi connectivity index (χ2v) is 6.49. The second-order valence-electron chi connectivity index (χ2n) is 3.90. The summed E-state index contributed by atoms with van der Waals surface area (Å²) >= 11 is 10.7. The Morgan fingerprint density at radius 2 is 2.11 bits per heavy atom. The Bertz CT molecular complexity index is 554. The number of hydrogen-bond acceptors (Lipinski definition) is 3. The van der Waals surface area contributed by atoms with E-state index in [2.05, 4.69) is 21.2 Å². The summed E-state index contributed by atoms with van der Waals surface area (Å²) in [6, 6.07) is 10.3. The van der Waals surface area contributed by atoms with Crippen LogP contribution in [0.15, 0.2) is 40.9 Å². The van der Waals surface area contributed by atoms with Crippen LogP contribution >= 0.6 is 38.9 Å². The molecule has 1 unspecified atom stereocenters. The summed E-state index contributed by atoms with van der Waals surface area (Å²) in [6.07, 6.45) is 0. The first-order valence-electron chi connectivity index (χ1n) is 5.53. The molecule has 0 saturated heterocycles. The van der Waals surface area contributed by atoms with Crippen LogP contribution in [0.25, 0.3) is 0 Å². The molecule has 0 spiro atoms. The van der Waals surface area contributed by atoms with E-state index in [4.69, 9.17) is 11.6 Å². The van der Waals surface area contributed by atoms with Crippen molar-refractivity contribution in [3.05, 3.63) is 55.6 Å². The van der Waals surface area contributed by atoms with Crippen molar-refractivity contribution < 1.29 is 9.90 Å². The van der Waals surface area contributed by atoms with Gasteiger partial charge in [0.15, 0.2) is 0 Å². The summed E-state index contributed by atoms with van der Waals surface area (Å²) in [5, 5.41) is 12.3. The molecule has 0 saturated carbocycles. The zero-order chi connectivity index (χ0) is 13.8. The van der Waals surface area contributed by atoms with E-state index in [1.54, 1.807) is 12.1 Å². The summed E-state index contributed by atoms with van der Waals surface area (Å²) < 4.78 is 1.51. The van der Waals surface area contributed by atoms with Crippen molar-refractivity contribution >= 4 is 44.8 Å². The predicted molar refractivity (Wildman–Crippen MR) is 80.7 cm³/mol. The highest BCUT2D eigenvalue weighted by molar-refractivity contribution is 9.10. The molecule has 2 N–H and O–H groups in total. The zero-order valence-corrected chi connectivity index (χ0v) is 12.9. The quantitative estimate of drug-likeness (QED) is 0.844. The molecular formula is C13H11BrClNO2S. The lowest BCUT2D eigenvalue weighted by atomic mass is 10.1. The molecule has 2 rings (SSSR count). The topological polar surface area (TPSA) is 49.3 Å². The average molecular weight is 361 g/mol. The molecule has 0 bridgehead atoms. The van der Waals surface area contributed by atoms with Gasteiger partial charge in [-0.15, -0.1) is 11.3 Å². The van der Waals surface area contributed by atoms with Crippen molar-refractivity contribution in [3.63, 3.8) is 0 Å². The maximum Gasteiger partial charge on any atom is 0.325 e. The highest BCUT2D eigenvalue weighted by Crippen LogP contribution is 2.32. The Kier molecular flexibility index (Phi) is 4.99. The number of benzene rings is 1. The third-order valence-electron chi connectivity index (χ3n) is 2.56. The SMILES string of the molecule is O=C(O)C(NCc1cc(Br)c(Cl)s1)c1ccccc1. The van der Waals surface area contributed by atoms with Crippen LogP contribution in [0.5, 0.6) is 0 Å². The van der Waals surface area contributed by atoms with Crippen LogP contribution in [0.4, 0.5) is 0 Å². The van der Waals surface area contributed by atoms with Gasteiger partial charge in [-0.25, -0.2) is 0 Å². The van der Waals surface area contributed by atoms with E-state index in [1.807, 2.05) is 24.3 Å². The van der Waals surface area contributed by atoms with E-state index in [-0.39, 0.29) is 0 Å². The third kappa shape index (κ3) is 3.79. The Hall–Kier alpha value is -0.880. The fourth-order valence-electron chi connectivity index (χ4n) is 1.67. The molecule has 3 nitrogen and oxygen atoms in total. The largest absolute Gasteiger partial charge is 0.480 e. The number of nitrogens with one attached hydrogen (secondary N) is 1. The minimum atomic E-state index is -0.895. The van der Waals surface area contributed by atoms with Crippen molar-refractivity contribution in [2.75, 3.05) is 0 Å². The molecule has 1 heterocycles. The molecule has 19 heavy (non-hydrogen) atoms. The van der Waals surface area contributed by atoms with Gasteiger partial charge in [0.25, 0.3) is 0 Å². The summed E-state index contributed by atoms with van der Waals surface area (Å²) in [4.78, 5) is 12.3. The molecule has 0 radical (unpaired) electrons. The lowest BCUT2D eigenvalue weighted by molar-refractivity contribution is -0.139. The Morgan fingerprint density at radius 3 is 2.63 bits per heavy atom. The average Bonchev–Trinajstić information content (AvgIpc) is 2.70. The van der Waals surface area contributed by atoms with Crippen molar-refractivity contribution in [2.45, 2.75) is 12.6 Å². The van der Waals surface area contributed by atoms with E-state index in [1.165, 1.54) is 11.3 Å². The molecule has 2 aromatic rings. The highest BCUT2D eigenvalue weighted by atomic mass is 79.9. The number of carboxylic acid groups (broad SMARTS) is 1. The molecule has 0 aliphatic heterocycles. The molecule has 0 aliphatic rings. The summed E-state index contributed by atoms with van der Waals surface area (Å²) in [5.74, 6) is -0.895. The van der Waals surface area contributed by atoms with Gasteiger partial charge in [0.05, 0.1) is 0 Å². The van der Waals surface area contributed by atoms with Gasteiger partial charge >= 0.3 is 5.97 Å². The molecule has 100 valence electrons. The van der Waals surface area contributed by atoms with Crippen LogP contribution < -0.4 is 5.32 Å². The van der Waals surface area contributed by atoms with Crippen LogP contribution in [-0.2, 0) is 11.3 Å². The van der Waals surface area contributed by atoms with Crippen LogP contribution in [0, 0.1) is 0 Å². The number of rotatable bonds is 5. The molecule has 6 heteroatoms.